The Morgan fingerprint density at radius 3 is 2.65 bits per heavy atom. The van der Waals surface area contributed by atoms with Crippen LogP contribution in [-0.4, -0.2) is 55.7 Å². The van der Waals surface area contributed by atoms with Crippen molar-refractivity contribution >= 4 is 34.2 Å². The molecule has 8 nitrogen and oxygen atoms in total. The average Bonchev–Trinajstić information content (AvgIpc) is 3.13. The molecule has 1 N–H and O–H groups in total. The monoisotopic (exact) mass is 420 g/mol. The number of rotatable bonds is 6. The Morgan fingerprint density at radius 1 is 1.06 bits per heavy atom. The van der Waals surface area contributed by atoms with Crippen molar-refractivity contribution in [1.29, 1.82) is 0 Å². The number of ether oxygens (including phenoxy) is 2. The van der Waals surface area contributed by atoms with Crippen molar-refractivity contribution in [2.24, 2.45) is 0 Å². The van der Waals surface area contributed by atoms with E-state index in [0.29, 0.717) is 36.0 Å². The number of methoxy groups -OCH3 is 2. The molecular formula is C23H24N4O4. The highest BCUT2D eigenvalue weighted by atomic mass is 16.5. The molecule has 0 atom stereocenters. The number of aryl methyl sites for hydroxylation is 1. The summed E-state index contributed by atoms with van der Waals surface area (Å²) in [4.78, 5) is 33.2. The van der Waals surface area contributed by atoms with E-state index in [1.165, 1.54) is 4.90 Å². The summed E-state index contributed by atoms with van der Waals surface area (Å²) in [6.07, 6.45) is 0. The van der Waals surface area contributed by atoms with Crippen LogP contribution in [0.5, 0.6) is 11.5 Å². The van der Waals surface area contributed by atoms with Crippen LogP contribution in [0.25, 0.3) is 10.9 Å². The van der Waals surface area contributed by atoms with Crippen molar-refractivity contribution in [2.75, 3.05) is 44.1 Å². The molecule has 1 saturated heterocycles. The minimum atomic E-state index is -0.254. The van der Waals surface area contributed by atoms with Crippen LogP contribution in [0, 0.1) is 6.92 Å². The smallest absolute Gasteiger partial charge is 0.325 e. The second kappa shape index (κ2) is 8.51. The van der Waals surface area contributed by atoms with Gasteiger partial charge in [0.25, 0.3) is 0 Å². The summed E-state index contributed by atoms with van der Waals surface area (Å²) >= 11 is 0. The number of carbonyl (C=O) groups is 2. The predicted molar refractivity (Wildman–Crippen MR) is 119 cm³/mol. The Kier molecular flexibility index (Phi) is 5.62. The van der Waals surface area contributed by atoms with E-state index >= 15 is 0 Å². The third-order valence-electron chi connectivity index (χ3n) is 5.25. The van der Waals surface area contributed by atoms with Crippen molar-refractivity contribution in [2.45, 2.75) is 6.92 Å². The molecule has 0 radical (unpaired) electrons. The maximum Gasteiger partial charge on any atom is 0.325 e. The molecule has 31 heavy (non-hydrogen) atoms. The zero-order chi connectivity index (χ0) is 22.0. The number of pyridine rings is 1. The number of nitrogens with zero attached hydrogens (tertiary/aromatic N) is 3. The molecule has 160 valence electrons. The lowest BCUT2D eigenvalue weighted by atomic mass is 10.1. The second-order valence-corrected chi connectivity index (χ2v) is 7.27. The second-order valence-electron chi connectivity index (χ2n) is 7.27. The molecule has 0 aliphatic carbocycles. The largest absolute Gasteiger partial charge is 0.493 e. The van der Waals surface area contributed by atoms with Gasteiger partial charge in [0.05, 0.1) is 25.4 Å². The summed E-state index contributed by atoms with van der Waals surface area (Å²) in [6.45, 7) is 2.84. The molecule has 0 saturated carbocycles. The molecule has 3 amide bonds. The van der Waals surface area contributed by atoms with Crippen molar-refractivity contribution in [1.82, 2.24) is 9.88 Å². The van der Waals surface area contributed by atoms with Gasteiger partial charge in [-0.1, -0.05) is 6.07 Å². The van der Waals surface area contributed by atoms with Crippen LogP contribution in [0.1, 0.15) is 5.69 Å². The van der Waals surface area contributed by atoms with Crippen LogP contribution in [0.4, 0.5) is 16.2 Å². The number of carbonyl (C=O) groups excluding carboxylic acids is 2. The summed E-state index contributed by atoms with van der Waals surface area (Å²) in [6, 6.07) is 14.5. The van der Waals surface area contributed by atoms with E-state index in [1.54, 1.807) is 37.3 Å². The normalized spacial score (nSPS) is 13.6. The molecule has 0 spiro atoms. The lowest BCUT2D eigenvalue weighted by Crippen LogP contribution is -2.37. The summed E-state index contributed by atoms with van der Waals surface area (Å²) < 4.78 is 10.6. The van der Waals surface area contributed by atoms with E-state index in [-0.39, 0.29) is 18.5 Å². The number of urea groups is 1. The van der Waals surface area contributed by atoms with Crippen molar-refractivity contribution in [3.05, 3.63) is 54.2 Å². The van der Waals surface area contributed by atoms with Crippen LogP contribution in [0.3, 0.4) is 0 Å². The van der Waals surface area contributed by atoms with Gasteiger partial charge in [-0.25, -0.2) is 4.79 Å². The van der Waals surface area contributed by atoms with Crippen LogP contribution in [0.15, 0.2) is 48.5 Å². The Labute approximate surface area is 180 Å². The summed E-state index contributed by atoms with van der Waals surface area (Å²) in [5.41, 5.74) is 3.10. The van der Waals surface area contributed by atoms with Gasteiger partial charge in [0.15, 0.2) is 11.5 Å². The molecular weight excluding hydrogens is 396 g/mol. The third-order valence-corrected chi connectivity index (χ3v) is 5.25. The first kappa shape index (κ1) is 20.5. The van der Waals surface area contributed by atoms with Crippen LogP contribution < -0.4 is 19.7 Å². The molecule has 1 aliphatic heterocycles. The summed E-state index contributed by atoms with van der Waals surface area (Å²) in [5, 5.41) is 3.77. The zero-order valence-electron chi connectivity index (χ0n) is 17.7. The van der Waals surface area contributed by atoms with Crippen molar-refractivity contribution < 1.29 is 19.1 Å². The van der Waals surface area contributed by atoms with Crippen molar-refractivity contribution in [3.8, 4) is 11.5 Å². The van der Waals surface area contributed by atoms with Gasteiger partial charge in [0, 0.05) is 35.9 Å². The van der Waals surface area contributed by atoms with E-state index < -0.39 is 0 Å². The topological polar surface area (TPSA) is 84.0 Å². The van der Waals surface area contributed by atoms with E-state index in [9.17, 15) is 9.59 Å². The van der Waals surface area contributed by atoms with Gasteiger partial charge >= 0.3 is 6.03 Å². The highest BCUT2D eigenvalue weighted by molar-refractivity contribution is 6.03. The molecule has 0 bridgehead atoms. The molecule has 2 heterocycles. The number of nitrogens with one attached hydrogen (secondary N) is 1. The van der Waals surface area contributed by atoms with Gasteiger partial charge in [-0.05, 0) is 43.3 Å². The fraction of sp³-hybridized carbons (Fsp3) is 0.261. The lowest BCUT2D eigenvalue weighted by molar-refractivity contribution is -0.116. The SMILES string of the molecule is COc1ccc(N2CCN(CC(=O)Nc3cccc4nc(C)ccc34)C2=O)cc1OC. The number of anilines is 2. The first-order valence-corrected chi connectivity index (χ1v) is 9.95. The number of hydrogen-bond acceptors (Lipinski definition) is 5. The van der Waals surface area contributed by atoms with Crippen molar-refractivity contribution in [3.63, 3.8) is 0 Å². The summed E-state index contributed by atoms with van der Waals surface area (Å²) in [7, 11) is 3.11. The minimum Gasteiger partial charge on any atom is -0.493 e. The first-order chi connectivity index (χ1) is 15.0. The Bertz CT molecular complexity index is 1150. The van der Waals surface area contributed by atoms with Gasteiger partial charge in [-0.2, -0.15) is 0 Å². The lowest BCUT2D eigenvalue weighted by Gasteiger charge is -2.19. The Morgan fingerprint density at radius 2 is 1.87 bits per heavy atom. The highest BCUT2D eigenvalue weighted by Gasteiger charge is 2.31. The summed E-state index contributed by atoms with van der Waals surface area (Å²) in [5.74, 6) is 0.883. The highest BCUT2D eigenvalue weighted by Crippen LogP contribution is 2.32. The Hall–Kier alpha value is -3.81. The quantitative estimate of drug-likeness (QED) is 0.660. The zero-order valence-corrected chi connectivity index (χ0v) is 17.7. The molecule has 1 fully saturated rings. The van der Waals surface area contributed by atoms with Gasteiger partial charge in [-0.15, -0.1) is 0 Å². The van der Waals surface area contributed by atoms with Crippen LogP contribution in [0.2, 0.25) is 0 Å². The number of amides is 3. The minimum absolute atomic E-state index is 0.0295. The van der Waals surface area contributed by atoms with Gasteiger partial charge in [0.1, 0.15) is 6.54 Å². The number of benzene rings is 2. The maximum absolute atomic E-state index is 12.9. The maximum atomic E-state index is 12.9. The molecule has 8 heteroatoms. The number of fused-ring (bicyclic) bond motifs is 1. The Balaban J connectivity index is 1.45. The molecule has 2 aromatic carbocycles. The third kappa shape index (κ3) is 4.09. The average molecular weight is 420 g/mol. The van der Waals surface area contributed by atoms with E-state index in [2.05, 4.69) is 10.3 Å². The van der Waals surface area contributed by atoms with Gasteiger partial charge in [-0.3, -0.25) is 14.7 Å². The van der Waals surface area contributed by atoms with Crippen LogP contribution >= 0.6 is 0 Å². The van der Waals surface area contributed by atoms with E-state index in [4.69, 9.17) is 9.47 Å². The number of hydrogen-bond donors (Lipinski definition) is 1. The molecule has 1 aromatic heterocycles. The van der Waals surface area contributed by atoms with Gasteiger partial charge < -0.3 is 19.7 Å². The number of aromatic nitrogens is 1. The van der Waals surface area contributed by atoms with E-state index in [1.807, 2.05) is 37.3 Å². The molecule has 4 rings (SSSR count). The fourth-order valence-corrected chi connectivity index (χ4v) is 3.69. The first-order valence-electron chi connectivity index (χ1n) is 9.95. The molecule has 0 unspecified atom stereocenters. The molecule has 1 aliphatic rings. The standard InChI is InChI=1S/C23H24N4O4/c1-15-7-9-17-18(24-15)5-4-6-19(17)25-22(28)14-26-11-12-27(23(26)29)16-8-10-20(30-2)21(13-16)31-3/h4-10,13H,11-12,14H2,1-3H3,(H,25,28). The van der Waals surface area contributed by atoms with Crippen LogP contribution in [-0.2, 0) is 4.79 Å². The van der Waals surface area contributed by atoms with E-state index in [0.717, 1.165) is 16.6 Å². The van der Waals surface area contributed by atoms with Gasteiger partial charge in [0.2, 0.25) is 5.91 Å². The predicted octanol–water partition coefficient (Wildman–Crippen LogP) is 3.44. The molecule has 3 aromatic rings. The fourth-order valence-electron chi connectivity index (χ4n) is 3.69.